The van der Waals surface area contributed by atoms with Gasteiger partial charge >= 0.3 is 0 Å². The Morgan fingerprint density at radius 3 is 2.27 bits per heavy atom. The molecule has 2 unspecified atom stereocenters. The summed E-state index contributed by atoms with van der Waals surface area (Å²) < 4.78 is 0. The summed E-state index contributed by atoms with van der Waals surface area (Å²) in [5, 5.41) is 3.87. The molecule has 1 nitrogen and oxygen atoms in total. The number of hydrogen-bond acceptors (Lipinski definition) is 1. The Balaban J connectivity index is 2.46. The van der Waals surface area contributed by atoms with E-state index >= 15 is 0 Å². The standard InChI is InChI=1S/C14H29N/c1-6-12(7-2)11(3)15-13-9-8-10-14(13,4)5/h11-13,15H,6-10H2,1-5H3. The predicted molar refractivity (Wildman–Crippen MR) is 68.1 cm³/mol. The average Bonchev–Trinajstić information content (AvgIpc) is 2.48. The first kappa shape index (κ1) is 13.0. The zero-order valence-electron chi connectivity index (χ0n) is 11.3. The third-order valence-electron chi connectivity index (χ3n) is 4.48. The maximum Gasteiger partial charge on any atom is 0.0121 e. The summed E-state index contributed by atoms with van der Waals surface area (Å²) in [7, 11) is 0. The smallest absolute Gasteiger partial charge is 0.0121 e. The van der Waals surface area contributed by atoms with Gasteiger partial charge in [0.15, 0.2) is 0 Å². The van der Waals surface area contributed by atoms with E-state index < -0.39 is 0 Å². The van der Waals surface area contributed by atoms with Crippen molar-refractivity contribution in [1.29, 1.82) is 0 Å². The summed E-state index contributed by atoms with van der Waals surface area (Å²) in [5.41, 5.74) is 0.514. The molecule has 1 rings (SSSR count). The van der Waals surface area contributed by atoms with Crippen LogP contribution in [0.4, 0.5) is 0 Å². The molecular formula is C14H29N. The quantitative estimate of drug-likeness (QED) is 0.725. The van der Waals surface area contributed by atoms with E-state index in [1.54, 1.807) is 0 Å². The van der Waals surface area contributed by atoms with E-state index in [1.807, 2.05) is 0 Å². The van der Waals surface area contributed by atoms with Gasteiger partial charge in [0.05, 0.1) is 0 Å². The molecule has 1 aliphatic carbocycles. The Hall–Kier alpha value is -0.0400. The summed E-state index contributed by atoms with van der Waals surface area (Å²) in [6.07, 6.45) is 6.77. The van der Waals surface area contributed by atoms with Crippen LogP contribution in [0, 0.1) is 11.3 Å². The molecule has 1 saturated carbocycles. The first-order valence-corrected chi connectivity index (χ1v) is 6.77. The van der Waals surface area contributed by atoms with Crippen LogP contribution < -0.4 is 5.32 Å². The lowest BCUT2D eigenvalue weighted by molar-refractivity contribution is 0.232. The summed E-state index contributed by atoms with van der Waals surface area (Å²) in [6.45, 7) is 11.8. The van der Waals surface area contributed by atoms with Crippen LogP contribution in [-0.2, 0) is 0 Å². The topological polar surface area (TPSA) is 12.0 Å². The minimum Gasteiger partial charge on any atom is -0.311 e. The molecule has 0 saturated heterocycles. The van der Waals surface area contributed by atoms with Gasteiger partial charge in [-0.05, 0) is 31.1 Å². The molecule has 0 heterocycles. The third-order valence-corrected chi connectivity index (χ3v) is 4.48. The lowest BCUT2D eigenvalue weighted by Crippen LogP contribution is -2.45. The zero-order valence-corrected chi connectivity index (χ0v) is 11.3. The van der Waals surface area contributed by atoms with Gasteiger partial charge in [-0.15, -0.1) is 0 Å². The Bertz CT molecular complexity index is 182. The molecule has 1 N–H and O–H groups in total. The number of hydrogen-bond donors (Lipinski definition) is 1. The van der Waals surface area contributed by atoms with E-state index in [-0.39, 0.29) is 0 Å². The maximum atomic E-state index is 3.87. The van der Waals surface area contributed by atoms with Gasteiger partial charge in [-0.2, -0.15) is 0 Å². The maximum absolute atomic E-state index is 3.87. The minimum absolute atomic E-state index is 0.514. The van der Waals surface area contributed by atoms with E-state index in [0.29, 0.717) is 11.5 Å². The van der Waals surface area contributed by atoms with E-state index in [1.165, 1.54) is 32.1 Å². The molecule has 0 aromatic carbocycles. The van der Waals surface area contributed by atoms with Crippen LogP contribution >= 0.6 is 0 Å². The highest BCUT2D eigenvalue weighted by Gasteiger charge is 2.35. The molecule has 0 spiro atoms. The van der Waals surface area contributed by atoms with Gasteiger partial charge in [0.2, 0.25) is 0 Å². The van der Waals surface area contributed by atoms with Gasteiger partial charge in [0, 0.05) is 12.1 Å². The molecule has 15 heavy (non-hydrogen) atoms. The lowest BCUT2D eigenvalue weighted by Gasteiger charge is -2.33. The van der Waals surface area contributed by atoms with Crippen LogP contribution in [0.15, 0.2) is 0 Å². The Kier molecular flexibility index (Phi) is 4.64. The Morgan fingerprint density at radius 1 is 1.27 bits per heavy atom. The lowest BCUT2D eigenvalue weighted by atomic mass is 9.85. The second-order valence-electron chi connectivity index (χ2n) is 5.97. The van der Waals surface area contributed by atoms with Gasteiger partial charge < -0.3 is 5.32 Å². The van der Waals surface area contributed by atoms with Crippen molar-refractivity contribution in [3.8, 4) is 0 Å². The highest BCUT2D eigenvalue weighted by molar-refractivity contribution is 4.92. The fraction of sp³-hybridized carbons (Fsp3) is 1.00. The molecule has 1 fully saturated rings. The fourth-order valence-corrected chi connectivity index (χ4v) is 3.08. The minimum atomic E-state index is 0.514. The van der Waals surface area contributed by atoms with Crippen LogP contribution in [0.3, 0.4) is 0 Å². The molecule has 0 bridgehead atoms. The van der Waals surface area contributed by atoms with Crippen molar-refractivity contribution in [2.75, 3.05) is 0 Å². The zero-order chi connectivity index (χ0) is 11.5. The van der Waals surface area contributed by atoms with Crippen molar-refractivity contribution in [1.82, 2.24) is 5.32 Å². The summed E-state index contributed by atoms with van der Waals surface area (Å²) in [6, 6.07) is 1.43. The van der Waals surface area contributed by atoms with Crippen LogP contribution in [0.25, 0.3) is 0 Å². The molecular weight excluding hydrogens is 182 g/mol. The SMILES string of the molecule is CCC(CC)C(C)NC1CCCC1(C)C. The van der Waals surface area contributed by atoms with Crippen molar-refractivity contribution in [2.45, 2.75) is 78.8 Å². The molecule has 0 amide bonds. The second kappa shape index (κ2) is 5.34. The second-order valence-corrected chi connectivity index (χ2v) is 5.97. The third kappa shape index (κ3) is 3.21. The molecule has 0 aliphatic heterocycles. The molecule has 2 atom stereocenters. The molecule has 0 aromatic heterocycles. The number of rotatable bonds is 5. The van der Waals surface area contributed by atoms with E-state index in [2.05, 4.69) is 39.9 Å². The molecule has 1 heteroatoms. The molecule has 90 valence electrons. The van der Waals surface area contributed by atoms with Crippen molar-refractivity contribution >= 4 is 0 Å². The first-order chi connectivity index (χ1) is 7.01. The summed E-state index contributed by atoms with van der Waals surface area (Å²) >= 11 is 0. The Labute approximate surface area is 96.0 Å². The van der Waals surface area contributed by atoms with Crippen LogP contribution in [0.1, 0.15) is 66.7 Å². The first-order valence-electron chi connectivity index (χ1n) is 6.77. The van der Waals surface area contributed by atoms with Crippen molar-refractivity contribution in [2.24, 2.45) is 11.3 Å². The fourth-order valence-electron chi connectivity index (χ4n) is 3.08. The van der Waals surface area contributed by atoms with Gasteiger partial charge in [-0.3, -0.25) is 0 Å². The van der Waals surface area contributed by atoms with E-state index in [9.17, 15) is 0 Å². The van der Waals surface area contributed by atoms with Crippen molar-refractivity contribution in [3.63, 3.8) is 0 Å². The Morgan fingerprint density at radius 2 is 1.87 bits per heavy atom. The number of nitrogens with one attached hydrogen (secondary N) is 1. The average molecular weight is 211 g/mol. The molecule has 0 aromatic rings. The molecule has 1 aliphatic rings. The van der Waals surface area contributed by atoms with Crippen LogP contribution in [0.5, 0.6) is 0 Å². The van der Waals surface area contributed by atoms with E-state index in [0.717, 1.165) is 12.0 Å². The van der Waals surface area contributed by atoms with Gasteiger partial charge in [0.1, 0.15) is 0 Å². The van der Waals surface area contributed by atoms with Crippen molar-refractivity contribution in [3.05, 3.63) is 0 Å². The monoisotopic (exact) mass is 211 g/mol. The van der Waals surface area contributed by atoms with Crippen LogP contribution in [-0.4, -0.2) is 12.1 Å². The van der Waals surface area contributed by atoms with Gasteiger partial charge in [-0.1, -0.05) is 47.0 Å². The predicted octanol–water partition coefficient (Wildman–Crippen LogP) is 3.98. The highest BCUT2D eigenvalue weighted by atomic mass is 15.0. The summed E-state index contributed by atoms with van der Waals surface area (Å²) in [4.78, 5) is 0. The van der Waals surface area contributed by atoms with Crippen LogP contribution in [0.2, 0.25) is 0 Å². The highest BCUT2D eigenvalue weighted by Crippen LogP contribution is 2.37. The van der Waals surface area contributed by atoms with Gasteiger partial charge in [-0.25, -0.2) is 0 Å². The summed E-state index contributed by atoms with van der Waals surface area (Å²) in [5.74, 6) is 0.849. The van der Waals surface area contributed by atoms with Crippen molar-refractivity contribution < 1.29 is 0 Å². The van der Waals surface area contributed by atoms with E-state index in [4.69, 9.17) is 0 Å². The van der Waals surface area contributed by atoms with Gasteiger partial charge in [0.25, 0.3) is 0 Å². The normalized spacial score (nSPS) is 27.2. The largest absolute Gasteiger partial charge is 0.311 e. The molecule has 0 radical (unpaired) electrons.